The molecule has 0 bridgehead atoms. The molecule has 1 aliphatic rings. The van der Waals surface area contributed by atoms with E-state index in [4.69, 9.17) is 9.47 Å². The second kappa shape index (κ2) is 8.33. The molecule has 5 heteroatoms. The second-order valence-electron chi connectivity index (χ2n) is 7.08. The number of benzene rings is 2. The van der Waals surface area contributed by atoms with Gasteiger partial charge in [-0.25, -0.2) is 0 Å². The summed E-state index contributed by atoms with van der Waals surface area (Å²) in [6, 6.07) is 12.2. The van der Waals surface area contributed by atoms with Crippen LogP contribution in [0.2, 0.25) is 0 Å². The molecule has 1 heterocycles. The molecule has 0 saturated carbocycles. The van der Waals surface area contributed by atoms with E-state index in [0.29, 0.717) is 13.1 Å². The number of methoxy groups -OCH3 is 1. The van der Waals surface area contributed by atoms with Crippen LogP contribution in [0.25, 0.3) is 0 Å². The van der Waals surface area contributed by atoms with Crippen molar-refractivity contribution in [3.05, 3.63) is 53.1 Å². The van der Waals surface area contributed by atoms with Gasteiger partial charge < -0.3 is 19.3 Å². The molecule has 1 amide bonds. The maximum absolute atomic E-state index is 12.6. The Hall–Kier alpha value is -2.69. The van der Waals surface area contributed by atoms with Gasteiger partial charge >= 0.3 is 0 Å². The summed E-state index contributed by atoms with van der Waals surface area (Å²) < 4.78 is 11.1. The fourth-order valence-electron chi connectivity index (χ4n) is 3.63. The van der Waals surface area contributed by atoms with Gasteiger partial charge in [-0.1, -0.05) is 17.7 Å². The minimum absolute atomic E-state index is 0.0451. The average Bonchev–Trinajstić information content (AvgIpc) is 2.67. The minimum Gasteiger partial charge on any atom is -0.497 e. The van der Waals surface area contributed by atoms with Crippen LogP contribution in [0.3, 0.4) is 0 Å². The molecule has 0 aliphatic carbocycles. The van der Waals surface area contributed by atoms with Gasteiger partial charge in [-0.15, -0.1) is 0 Å². The SMILES string of the molecule is COc1ccc(N2CCN(C(=O)COc3c(C)cc(C)cc3C)CC2)cc1. The summed E-state index contributed by atoms with van der Waals surface area (Å²) in [5.41, 5.74) is 4.51. The van der Waals surface area contributed by atoms with E-state index in [1.807, 2.05) is 30.9 Å². The fourth-order valence-corrected chi connectivity index (χ4v) is 3.63. The molecule has 3 rings (SSSR count). The van der Waals surface area contributed by atoms with E-state index >= 15 is 0 Å². The van der Waals surface area contributed by atoms with Crippen LogP contribution in [0.1, 0.15) is 16.7 Å². The highest BCUT2D eigenvalue weighted by molar-refractivity contribution is 5.78. The molecule has 1 aliphatic heterocycles. The lowest BCUT2D eigenvalue weighted by atomic mass is 10.1. The first-order valence-electron chi connectivity index (χ1n) is 9.35. The highest BCUT2D eigenvalue weighted by Gasteiger charge is 2.22. The van der Waals surface area contributed by atoms with Gasteiger partial charge in [0.15, 0.2) is 6.61 Å². The second-order valence-corrected chi connectivity index (χ2v) is 7.08. The van der Waals surface area contributed by atoms with Gasteiger partial charge in [0.1, 0.15) is 11.5 Å². The number of rotatable bonds is 5. The molecule has 5 nitrogen and oxygen atoms in total. The van der Waals surface area contributed by atoms with Crippen molar-refractivity contribution in [1.82, 2.24) is 4.90 Å². The van der Waals surface area contributed by atoms with E-state index in [1.165, 1.54) is 5.56 Å². The molecule has 0 spiro atoms. The number of carbonyl (C=O) groups excluding carboxylic acids is 1. The van der Waals surface area contributed by atoms with E-state index in [2.05, 4.69) is 36.1 Å². The first-order chi connectivity index (χ1) is 13.0. The summed E-state index contributed by atoms with van der Waals surface area (Å²) in [5.74, 6) is 1.72. The van der Waals surface area contributed by atoms with Gasteiger partial charge in [-0.2, -0.15) is 0 Å². The van der Waals surface area contributed by atoms with Crippen molar-refractivity contribution in [3.63, 3.8) is 0 Å². The topological polar surface area (TPSA) is 42.0 Å². The average molecular weight is 368 g/mol. The van der Waals surface area contributed by atoms with E-state index in [9.17, 15) is 4.79 Å². The largest absolute Gasteiger partial charge is 0.497 e. The van der Waals surface area contributed by atoms with Crippen LogP contribution in [0.5, 0.6) is 11.5 Å². The molecule has 0 atom stereocenters. The Labute approximate surface area is 161 Å². The summed E-state index contributed by atoms with van der Waals surface area (Å²) in [4.78, 5) is 16.7. The van der Waals surface area contributed by atoms with Crippen LogP contribution < -0.4 is 14.4 Å². The lowest BCUT2D eigenvalue weighted by molar-refractivity contribution is -0.133. The molecular formula is C22H28N2O3. The zero-order valence-corrected chi connectivity index (χ0v) is 16.6. The van der Waals surface area contributed by atoms with Gasteiger partial charge in [0.25, 0.3) is 5.91 Å². The standard InChI is InChI=1S/C22H28N2O3/c1-16-13-17(2)22(18(3)14-16)27-15-21(25)24-11-9-23(10-12-24)19-5-7-20(26-4)8-6-19/h5-8,13-14H,9-12,15H2,1-4H3. The van der Waals surface area contributed by atoms with Crippen LogP contribution in [0, 0.1) is 20.8 Å². The third-order valence-corrected chi connectivity index (χ3v) is 5.01. The quantitative estimate of drug-likeness (QED) is 0.812. The number of anilines is 1. The van der Waals surface area contributed by atoms with Crippen LogP contribution in [-0.4, -0.2) is 50.7 Å². The fraction of sp³-hybridized carbons (Fsp3) is 0.409. The third kappa shape index (κ3) is 4.54. The van der Waals surface area contributed by atoms with E-state index in [-0.39, 0.29) is 12.5 Å². The first kappa shape index (κ1) is 19.1. The van der Waals surface area contributed by atoms with Crippen molar-refractivity contribution in [2.75, 3.05) is 44.8 Å². The molecule has 2 aromatic carbocycles. The van der Waals surface area contributed by atoms with Crippen molar-refractivity contribution in [2.45, 2.75) is 20.8 Å². The Balaban J connectivity index is 1.52. The molecule has 0 N–H and O–H groups in total. The number of nitrogens with zero attached hydrogens (tertiary/aromatic N) is 2. The predicted molar refractivity (Wildman–Crippen MR) is 108 cm³/mol. The normalized spacial score (nSPS) is 14.2. The Morgan fingerprint density at radius 2 is 1.56 bits per heavy atom. The zero-order valence-electron chi connectivity index (χ0n) is 16.6. The summed E-state index contributed by atoms with van der Waals surface area (Å²) in [7, 11) is 1.67. The highest BCUT2D eigenvalue weighted by Crippen LogP contribution is 2.25. The number of aryl methyl sites for hydroxylation is 3. The van der Waals surface area contributed by atoms with Crippen molar-refractivity contribution >= 4 is 11.6 Å². The molecule has 27 heavy (non-hydrogen) atoms. The van der Waals surface area contributed by atoms with E-state index in [0.717, 1.165) is 41.4 Å². The number of amides is 1. The maximum Gasteiger partial charge on any atom is 0.260 e. The lowest BCUT2D eigenvalue weighted by Crippen LogP contribution is -2.50. The molecule has 0 radical (unpaired) electrons. The van der Waals surface area contributed by atoms with Crippen molar-refractivity contribution in [1.29, 1.82) is 0 Å². The summed E-state index contributed by atoms with van der Waals surface area (Å²) >= 11 is 0. The van der Waals surface area contributed by atoms with E-state index < -0.39 is 0 Å². The molecule has 144 valence electrons. The van der Waals surface area contributed by atoms with Crippen LogP contribution >= 0.6 is 0 Å². The highest BCUT2D eigenvalue weighted by atomic mass is 16.5. The molecule has 2 aromatic rings. The Morgan fingerprint density at radius 3 is 2.11 bits per heavy atom. The summed E-state index contributed by atoms with van der Waals surface area (Å²) in [6.07, 6.45) is 0. The number of carbonyl (C=O) groups is 1. The van der Waals surface area contributed by atoms with Gasteiger partial charge in [0.2, 0.25) is 0 Å². The molecule has 1 fully saturated rings. The number of hydrogen-bond donors (Lipinski definition) is 0. The summed E-state index contributed by atoms with van der Waals surface area (Å²) in [5, 5.41) is 0. The van der Waals surface area contributed by atoms with Crippen molar-refractivity contribution in [3.8, 4) is 11.5 Å². The third-order valence-electron chi connectivity index (χ3n) is 5.01. The Kier molecular flexibility index (Phi) is 5.89. The van der Waals surface area contributed by atoms with Crippen LogP contribution in [-0.2, 0) is 4.79 Å². The van der Waals surface area contributed by atoms with Gasteiger partial charge in [-0.3, -0.25) is 4.79 Å². The molecule has 0 aromatic heterocycles. The Bertz CT molecular complexity index is 771. The van der Waals surface area contributed by atoms with Crippen LogP contribution in [0.4, 0.5) is 5.69 Å². The number of hydrogen-bond acceptors (Lipinski definition) is 4. The van der Waals surface area contributed by atoms with Gasteiger partial charge in [-0.05, 0) is 56.2 Å². The van der Waals surface area contributed by atoms with Crippen molar-refractivity contribution in [2.24, 2.45) is 0 Å². The summed E-state index contributed by atoms with van der Waals surface area (Å²) in [6.45, 7) is 9.26. The first-order valence-corrected chi connectivity index (χ1v) is 9.35. The molecular weight excluding hydrogens is 340 g/mol. The van der Waals surface area contributed by atoms with Crippen molar-refractivity contribution < 1.29 is 14.3 Å². The van der Waals surface area contributed by atoms with Gasteiger partial charge in [0.05, 0.1) is 7.11 Å². The lowest BCUT2D eigenvalue weighted by Gasteiger charge is -2.36. The number of ether oxygens (including phenoxy) is 2. The van der Waals surface area contributed by atoms with Crippen LogP contribution in [0.15, 0.2) is 36.4 Å². The maximum atomic E-state index is 12.6. The van der Waals surface area contributed by atoms with Gasteiger partial charge in [0, 0.05) is 31.9 Å². The Morgan fingerprint density at radius 1 is 0.963 bits per heavy atom. The zero-order chi connectivity index (χ0) is 19.4. The predicted octanol–water partition coefficient (Wildman–Crippen LogP) is 3.35. The monoisotopic (exact) mass is 368 g/mol. The number of piperazine rings is 1. The molecule has 0 unspecified atom stereocenters. The van der Waals surface area contributed by atoms with E-state index in [1.54, 1.807) is 7.11 Å². The molecule has 1 saturated heterocycles. The smallest absolute Gasteiger partial charge is 0.260 e. The minimum atomic E-state index is 0.0451.